The minimum absolute atomic E-state index is 0.123. The lowest BCUT2D eigenvalue weighted by Crippen LogP contribution is -2.65. The van der Waals surface area contributed by atoms with E-state index in [2.05, 4.69) is 64.1 Å². The standard InChI is InChI=1S/C44H64ClN5O3S/c1-30-8-6-9-34(24-47-18-19-48-20-21-50(43(3,4)5)27-37(48)26-47)38-14-11-35(38)25-49-28-44(17-7-10-32-22-36(45)13-15-39(32)44)29-53-41-16-12-33(23-40(41)49)42(51)46-54(52)31(30)2/h12-13,15-16,22-23,30-31,34-35,37-38H,6-11,14,17-21,24-29H2,1-5H3,(H,46,51)/t30?,31?,34-,35?,37?,38?,44-,54?/m0/s1. The van der Waals surface area contributed by atoms with Crippen LogP contribution in [0, 0.1) is 23.7 Å². The summed E-state index contributed by atoms with van der Waals surface area (Å²) in [6, 6.07) is 12.9. The average Bonchev–Trinajstić information content (AvgIpc) is 3.28. The largest absolute Gasteiger partial charge is 0.490 e. The van der Waals surface area contributed by atoms with Gasteiger partial charge in [-0.2, -0.15) is 0 Å². The summed E-state index contributed by atoms with van der Waals surface area (Å²) in [5, 5.41) is 0.674. The number of hydrogen-bond donors (Lipinski definition) is 1. The number of nitrogens with zero attached hydrogens (tertiary/aromatic N) is 4. The number of amides is 1. The van der Waals surface area contributed by atoms with E-state index in [1.807, 2.05) is 31.2 Å². The fourth-order valence-corrected chi connectivity index (χ4v) is 12.2. The molecule has 2 aliphatic carbocycles. The van der Waals surface area contributed by atoms with Gasteiger partial charge in [0.05, 0.1) is 17.5 Å². The van der Waals surface area contributed by atoms with Crippen molar-refractivity contribution < 1.29 is 13.7 Å². The first-order chi connectivity index (χ1) is 25.9. The molecule has 1 amide bonds. The van der Waals surface area contributed by atoms with Gasteiger partial charge in [-0.05, 0) is 138 Å². The van der Waals surface area contributed by atoms with E-state index in [9.17, 15) is 9.00 Å². The van der Waals surface area contributed by atoms with Crippen LogP contribution in [0.1, 0.15) is 101 Å². The number of hydrogen-bond acceptors (Lipinski definition) is 7. The molecule has 6 aliphatic rings. The molecule has 0 radical (unpaired) electrons. The Hall–Kier alpha value is -2.17. The smallest absolute Gasteiger partial charge is 0.263 e. The quantitative estimate of drug-likeness (QED) is 0.348. The van der Waals surface area contributed by atoms with Gasteiger partial charge < -0.3 is 14.5 Å². The fraction of sp³-hybridized carbons (Fsp3) is 0.705. The molecule has 8 rings (SSSR count). The van der Waals surface area contributed by atoms with Gasteiger partial charge in [0, 0.05) is 86.5 Å². The molecule has 0 aromatic heterocycles. The number of fused-ring (bicyclic) bond motifs is 5. The number of rotatable bonds is 2. The van der Waals surface area contributed by atoms with Gasteiger partial charge in [-0.15, -0.1) is 0 Å². The van der Waals surface area contributed by atoms with Crippen molar-refractivity contribution in [2.24, 2.45) is 23.7 Å². The number of carbonyl (C=O) groups excluding carboxylic acids is 1. The highest BCUT2D eigenvalue weighted by Crippen LogP contribution is 2.48. The molecule has 2 aromatic rings. The van der Waals surface area contributed by atoms with Gasteiger partial charge in [0.15, 0.2) is 0 Å². The van der Waals surface area contributed by atoms with Crippen LogP contribution < -0.4 is 14.4 Å². The molecule has 2 aromatic carbocycles. The molecule has 4 heterocycles. The summed E-state index contributed by atoms with van der Waals surface area (Å²) in [7, 11) is -1.47. The van der Waals surface area contributed by atoms with Crippen molar-refractivity contribution in [3.05, 3.63) is 58.1 Å². The molecule has 54 heavy (non-hydrogen) atoms. The minimum Gasteiger partial charge on any atom is -0.490 e. The van der Waals surface area contributed by atoms with Crippen LogP contribution in [0.25, 0.3) is 0 Å². The zero-order valence-corrected chi connectivity index (χ0v) is 35.0. The fourth-order valence-electron chi connectivity index (χ4n) is 10.9. The van der Waals surface area contributed by atoms with Crippen molar-refractivity contribution in [3.63, 3.8) is 0 Å². The number of nitrogens with one attached hydrogen (secondary N) is 1. The van der Waals surface area contributed by atoms with Crippen molar-refractivity contribution in [2.45, 2.75) is 108 Å². The van der Waals surface area contributed by atoms with Crippen LogP contribution in [-0.4, -0.2) is 107 Å². The van der Waals surface area contributed by atoms with Crippen LogP contribution in [0.3, 0.4) is 0 Å². The number of benzene rings is 2. The highest BCUT2D eigenvalue weighted by atomic mass is 35.5. The molecule has 3 fully saturated rings. The van der Waals surface area contributed by atoms with E-state index in [0.29, 0.717) is 36.0 Å². The monoisotopic (exact) mass is 777 g/mol. The summed E-state index contributed by atoms with van der Waals surface area (Å²) in [6.07, 6.45) is 9.11. The molecular weight excluding hydrogens is 714 g/mol. The van der Waals surface area contributed by atoms with E-state index in [1.165, 1.54) is 56.6 Å². The van der Waals surface area contributed by atoms with Crippen molar-refractivity contribution in [2.75, 3.05) is 70.4 Å². The molecule has 10 heteroatoms. The van der Waals surface area contributed by atoms with Gasteiger partial charge in [-0.3, -0.25) is 19.3 Å². The van der Waals surface area contributed by atoms with E-state index in [1.54, 1.807) is 0 Å². The molecule has 1 saturated carbocycles. The summed E-state index contributed by atoms with van der Waals surface area (Å²) in [5.41, 5.74) is 4.30. The van der Waals surface area contributed by atoms with E-state index in [0.717, 1.165) is 81.3 Å². The van der Waals surface area contributed by atoms with Gasteiger partial charge in [-0.1, -0.05) is 31.0 Å². The summed E-state index contributed by atoms with van der Waals surface area (Å²) < 4.78 is 23.2. The Morgan fingerprint density at radius 1 is 0.963 bits per heavy atom. The Bertz CT molecular complexity index is 1720. The maximum atomic E-state index is 13.7. The van der Waals surface area contributed by atoms with E-state index in [4.69, 9.17) is 16.3 Å². The molecule has 296 valence electrons. The van der Waals surface area contributed by atoms with E-state index < -0.39 is 11.0 Å². The second-order valence-corrected chi connectivity index (χ2v) is 20.9. The normalized spacial score (nSPS) is 34.4. The molecule has 4 aliphatic heterocycles. The number of anilines is 1. The number of halogens is 1. The summed E-state index contributed by atoms with van der Waals surface area (Å²) in [5.74, 6) is 2.72. The van der Waals surface area contributed by atoms with Gasteiger partial charge in [-0.25, -0.2) is 4.21 Å². The second kappa shape index (κ2) is 15.6. The lowest BCUT2D eigenvalue weighted by molar-refractivity contribution is -0.0290. The first-order valence-electron chi connectivity index (χ1n) is 21.1. The first kappa shape index (κ1) is 38.7. The summed E-state index contributed by atoms with van der Waals surface area (Å²) in [4.78, 5) is 24.5. The van der Waals surface area contributed by atoms with E-state index in [-0.39, 0.29) is 28.0 Å². The van der Waals surface area contributed by atoms with Crippen molar-refractivity contribution in [1.82, 2.24) is 19.4 Å². The zero-order valence-electron chi connectivity index (χ0n) is 33.5. The highest BCUT2D eigenvalue weighted by Gasteiger charge is 2.45. The molecule has 8 atom stereocenters. The lowest BCUT2D eigenvalue weighted by atomic mass is 9.65. The Morgan fingerprint density at radius 3 is 2.59 bits per heavy atom. The second-order valence-electron chi connectivity index (χ2n) is 19.0. The SMILES string of the molecule is CC1CCC[C@@H](CN2CCN3CCN(C(C)(C)C)CC3C2)C2CCC2CN2C[C@@]3(CCCc4cc(Cl)ccc43)COc3ccc(cc32)C(=O)NS(=O)C1C. The van der Waals surface area contributed by atoms with Crippen LogP contribution in [0.4, 0.5) is 5.69 Å². The Balaban J connectivity index is 1.10. The lowest BCUT2D eigenvalue weighted by Gasteiger charge is -2.52. The van der Waals surface area contributed by atoms with Gasteiger partial charge in [0.2, 0.25) is 0 Å². The van der Waals surface area contributed by atoms with E-state index >= 15 is 0 Å². The van der Waals surface area contributed by atoms with Crippen LogP contribution in [-0.2, 0) is 22.8 Å². The van der Waals surface area contributed by atoms with Gasteiger partial charge in [0.25, 0.3) is 5.91 Å². The van der Waals surface area contributed by atoms with Crippen molar-refractivity contribution >= 4 is 34.2 Å². The maximum Gasteiger partial charge on any atom is 0.263 e. The average molecular weight is 779 g/mol. The third-order valence-electron chi connectivity index (χ3n) is 14.6. The van der Waals surface area contributed by atoms with Crippen LogP contribution >= 0.6 is 11.6 Å². The Morgan fingerprint density at radius 2 is 1.80 bits per heavy atom. The van der Waals surface area contributed by atoms with Crippen molar-refractivity contribution in [3.8, 4) is 5.75 Å². The summed E-state index contributed by atoms with van der Waals surface area (Å²) in [6.45, 7) is 22.0. The molecule has 8 nitrogen and oxygen atoms in total. The Labute approximate surface area is 332 Å². The van der Waals surface area contributed by atoms with Crippen molar-refractivity contribution in [1.29, 1.82) is 0 Å². The van der Waals surface area contributed by atoms with Gasteiger partial charge in [0.1, 0.15) is 16.7 Å². The molecule has 2 bridgehead atoms. The zero-order chi connectivity index (χ0) is 37.8. The molecule has 1 spiro atoms. The third kappa shape index (κ3) is 7.88. The minimum atomic E-state index is -1.47. The van der Waals surface area contributed by atoms with Crippen LogP contribution in [0.2, 0.25) is 5.02 Å². The van der Waals surface area contributed by atoms with Crippen LogP contribution in [0.5, 0.6) is 5.75 Å². The number of piperazine rings is 2. The van der Waals surface area contributed by atoms with Crippen LogP contribution in [0.15, 0.2) is 36.4 Å². The predicted octanol–water partition coefficient (Wildman–Crippen LogP) is 7.16. The van der Waals surface area contributed by atoms with Gasteiger partial charge >= 0.3 is 0 Å². The number of carbonyl (C=O) groups is 1. The number of ether oxygens (including phenoxy) is 1. The molecule has 6 unspecified atom stereocenters. The maximum absolute atomic E-state index is 13.7. The first-order valence-corrected chi connectivity index (χ1v) is 22.7. The Kier molecular flexibility index (Phi) is 11.2. The summed E-state index contributed by atoms with van der Waals surface area (Å²) >= 11 is 6.54. The third-order valence-corrected chi connectivity index (χ3v) is 16.4. The highest BCUT2D eigenvalue weighted by molar-refractivity contribution is 7.84. The molecule has 2 saturated heterocycles. The number of aryl methyl sites for hydroxylation is 1. The predicted molar refractivity (Wildman–Crippen MR) is 221 cm³/mol. The molecule has 1 N–H and O–H groups in total. The molecular formula is C44H64ClN5O3S. The topological polar surface area (TPSA) is 68.4 Å².